The Morgan fingerprint density at radius 2 is 1.73 bits per heavy atom. The fourth-order valence-corrected chi connectivity index (χ4v) is 1.78. The quantitative estimate of drug-likeness (QED) is 0.640. The van der Waals surface area contributed by atoms with E-state index in [1.54, 1.807) is 6.07 Å². The summed E-state index contributed by atoms with van der Waals surface area (Å²) in [4.78, 5) is 0. The third kappa shape index (κ3) is 3.55. The average molecular weight is 312 g/mol. The summed E-state index contributed by atoms with van der Waals surface area (Å²) >= 11 is 0. The van der Waals surface area contributed by atoms with Gasteiger partial charge in [0.1, 0.15) is 24.2 Å². The minimum Gasteiger partial charge on any atom is -0.489 e. The maximum atomic E-state index is 13.4. The third-order valence-corrected chi connectivity index (χ3v) is 2.88. The molecule has 0 radical (unpaired) electrons. The molecule has 22 heavy (non-hydrogen) atoms. The zero-order chi connectivity index (χ0) is 16.3. The van der Waals surface area contributed by atoms with Crippen molar-refractivity contribution in [2.24, 2.45) is 0 Å². The first-order valence-corrected chi connectivity index (χ1v) is 6.12. The van der Waals surface area contributed by atoms with Gasteiger partial charge in [-0.05, 0) is 23.8 Å². The molecule has 0 bridgehead atoms. The number of ether oxygens (including phenoxy) is 1. The predicted octanol–water partition coefficient (Wildman–Crippen LogP) is 3.47. The number of hydrogen-bond donors (Lipinski definition) is 0. The lowest BCUT2D eigenvalue weighted by Crippen LogP contribution is -2.36. The lowest BCUT2D eigenvalue weighted by atomic mass is 9.80. The molecular weight excluding hydrogens is 304 g/mol. The summed E-state index contributed by atoms with van der Waals surface area (Å²) in [5, 5.41) is 8.69. The van der Waals surface area contributed by atoms with E-state index in [0.717, 1.165) is 12.1 Å². The van der Waals surface area contributed by atoms with Gasteiger partial charge in [0.15, 0.2) is 0 Å². The Labute approximate surface area is 122 Å². The molecule has 0 atom stereocenters. The molecule has 0 fully saturated rings. The number of hydrogen-bond acceptors (Lipinski definition) is 2. The second-order valence-electron chi connectivity index (χ2n) is 4.47. The topological polar surface area (TPSA) is 33.0 Å². The molecule has 0 aliphatic carbocycles. The molecule has 2 aromatic rings. The predicted molar refractivity (Wildman–Crippen MR) is 70.6 cm³/mol. The van der Waals surface area contributed by atoms with Crippen molar-refractivity contribution in [1.82, 2.24) is 0 Å². The maximum Gasteiger partial charge on any atom is 0.512 e. The zero-order valence-corrected chi connectivity index (χ0v) is 11.0. The molecule has 0 N–H and O–H groups in total. The Morgan fingerprint density at radius 3 is 2.32 bits per heavy atom. The maximum absolute atomic E-state index is 13.4. The van der Waals surface area contributed by atoms with Gasteiger partial charge in [-0.25, -0.2) is 8.78 Å². The van der Waals surface area contributed by atoms with Crippen LogP contribution in [0.15, 0.2) is 36.4 Å². The standard InChI is InChI=1S/C14H8BF5NO/c16-13-4-1-9(5-10(13)7-21)8-22-11-2-3-12(14(17)6-11)15(18,19)20/h1-6H,8H2/q-1. The number of nitrogens with zero attached hydrogens (tertiary/aromatic N) is 1. The van der Waals surface area contributed by atoms with Crippen molar-refractivity contribution in [3.63, 3.8) is 0 Å². The van der Waals surface area contributed by atoms with Gasteiger partial charge in [0.25, 0.3) is 0 Å². The van der Waals surface area contributed by atoms with Crippen molar-refractivity contribution in [2.75, 3.05) is 0 Å². The number of nitriles is 1. The largest absolute Gasteiger partial charge is 0.512 e. The van der Waals surface area contributed by atoms with Gasteiger partial charge in [-0.3, -0.25) is 0 Å². The Bertz CT molecular complexity index is 739. The second kappa shape index (κ2) is 6.06. The summed E-state index contributed by atoms with van der Waals surface area (Å²) in [6.07, 6.45) is 0. The first kappa shape index (κ1) is 15.8. The van der Waals surface area contributed by atoms with Gasteiger partial charge in [0, 0.05) is 6.07 Å². The van der Waals surface area contributed by atoms with E-state index in [1.807, 2.05) is 0 Å². The van der Waals surface area contributed by atoms with Gasteiger partial charge in [-0.1, -0.05) is 17.6 Å². The summed E-state index contributed by atoms with van der Waals surface area (Å²) in [5.41, 5.74) is -1.06. The normalized spacial score (nSPS) is 11.1. The number of rotatable bonds is 4. The molecule has 0 saturated heterocycles. The van der Waals surface area contributed by atoms with Gasteiger partial charge >= 0.3 is 6.98 Å². The molecule has 8 heteroatoms. The van der Waals surface area contributed by atoms with Crippen LogP contribution in [0.5, 0.6) is 5.75 Å². The lowest BCUT2D eigenvalue weighted by molar-refractivity contribution is 0.304. The molecule has 114 valence electrons. The Kier molecular flexibility index (Phi) is 4.36. The van der Waals surface area contributed by atoms with E-state index < -0.39 is 24.1 Å². The van der Waals surface area contributed by atoms with E-state index in [-0.39, 0.29) is 17.9 Å². The molecule has 2 nitrogen and oxygen atoms in total. The molecule has 0 spiro atoms. The minimum absolute atomic E-state index is 0.0934. The molecule has 2 aromatic carbocycles. The van der Waals surface area contributed by atoms with Crippen molar-refractivity contribution in [2.45, 2.75) is 6.61 Å². The van der Waals surface area contributed by atoms with Gasteiger partial charge in [0.2, 0.25) is 0 Å². The van der Waals surface area contributed by atoms with E-state index in [9.17, 15) is 21.7 Å². The molecule has 2 rings (SSSR count). The Hall–Kier alpha value is -2.56. The van der Waals surface area contributed by atoms with Crippen LogP contribution in [-0.4, -0.2) is 6.98 Å². The van der Waals surface area contributed by atoms with E-state index in [4.69, 9.17) is 10.00 Å². The molecule has 0 aliphatic rings. The van der Waals surface area contributed by atoms with Crippen LogP contribution >= 0.6 is 0 Å². The first-order valence-electron chi connectivity index (χ1n) is 6.12. The highest BCUT2D eigenvalue weighted by Gasteiger charge is 2.28. The van der Waals surface area contributed by atoms with Crippen LogP contribution in [0.2, 0.25) is 0 Å². The molecule has 0 aliphatic heterocycles. The summed E-state index contributed by atoms with van der Waals surface area (Å²) in [5.74, 6) is -2.19. The van der Waals surface area contributed by atoms with E-state index in [2.05, 4.69) is 0 Å². The fraction of sp³-hybridized carbons (Fsp3) is 0.0714. The van der Waals surface area contributed by atoms with E-state index >= 15 is 0 Å². The summed E-state index contributed by atoms with van der Waals surface area (Å²) in [7, 11) is 0. The van der Waals surface area contributed by atoms with Crippen molar-refractivity contribution >= 4 is 12.4 Å². The highest BCUT2D eigenvalue weighted by atomic mass is 19.4. The number of benzene rings is 2. The van der Waals surface area contributed by atoms with E-state index in [1.165, 1.54) is 12.1 Å². The Morgan fingerprint density at radius 1 is 1.00 bits per heavy atom. The zero-order valence-electron chi connectivity index (χ0n) is 11.0. The summed E-state index contributed by atoms with van der Waals surface area (Å²) in [6.45, 7) is -5.56. The molecule has 0 amide bonds. The first-order chi connectivity index (χ1) is 10.3. The lowest BCUT2D eigenvalue weighted by Gasteiger charge is -2.16. The van der Waals surface area contributed by atoms with Gasteiger partial charge in [-0.15, -0.1) is 0 Å². The molecule has 0 heterocycles. The van der Waals surface area contributed by atoms with Crippen LogP contribution in [0.4, 0.5) is 21.7 Å². The van der Waals surface area contributed by atoms with Crippen molar-refractivity contribution in [1.29, 1.82) is 5.26 Å². The summed E-state index contributed by atoms with van der Waals surface area (Å²) < 4.78 is 69.0. The van der Waals surface area contributed by atoms with Gasteiger partial charge in [-0.2, -0.15) is 5.26 Å². The van der Waals surface area contributed by atoms with Crippen LogP contribution in [0, 0.1) is 23.0 Å². The smallest absolute Gasteiger partial charge is 0.489 e. The van der Waals surface area contributed by atoms with Crippen molar-refractivity contribution < 1.29 is 26.5 Å². The SMILES string of the molecule is N#Cc1cc(COc2ccc([B-](F)(F)F)c(F)c2)ccc1F. The fourth-order valence-electron chi connectivity index (χ4n) is 1.78. The van der Waals surface area contributed by atoms with Crippen LogP contribution in [0.1, 0.15) is 11.1 Å². The molecule has 0 unspecified atom stereocenters. The minimum atomic E-state index is -5.42. The molecule has 0 aromatic heterocycles. The average Bonchev–Trinajstić information content (AvgIpc) is 2.45. The monoisotopic (exact) mass is 312 g/mol. The van der Waals surface area contributed by atoms with Crippen LogP contribution < -0.4 is 10.2 Å². The highest BCUT2D eigenvalue weighted by Crippen LogP contribution is 2.18. The van der Waals surface area contributed by atoms with Gasteiger partial charge in [0.05, 0.1) is 11.4 Å². The van der Waals surface area contributed by atoms with Crippen LogP contribution in [-0.2, 0) is 6.61 Å². The van der Waals surface area contributed by atoms with Crippen molar-refractivity contribution in [3.8, 4) is 11.8 Å². The van der Waals surface area contributed by atoms with Gasteiger partial charge < -0.3 is 17.7 Å². The second-order valence-corrected chi connectivity index (χ2v) is 4.47. The molecule has 0 saturated carbocycles. The van der Waals surface area contributed by atoms with Crippen LogP contribution in [0.3, 0.4) is 0 Å². The third-order valence-electron chi connectivity index (χ3n) is 2.88. The van der Waals surface area contributed by atoms with Crippen LogP contribution in [0.25, 0.3) is 0 Å². The van der Waals surface area contributed by atoms with Crippen molar-refractivity contribution in [3.05, 3.63) is 59.2 Å². The Balaban J connectivity index is 2.13. The van der Waals surface area contributed by atoms with E-state index in [0.29, 0.717) is 17.7 Å². The highest BCUT2D eigenvalue weighted by molar-refractivity contribution is 6.73. The molecular formula is C14H8BF5NO-. The number of halogens is 5. The summed E-state index contributed by atoms with van der Waals surface area (Å²) in [6, 6.07) is 7.59.